The molecule has 0 radical (unpaired) electrons. The summed E-state index contributed by atoms with van der Waals surface area (Å²) < 4.78 is 2.95. The van der Waals surface area contributed by atoms with Crippen LogP contribution in [0.3, 0.4) is 0 Å². The Balaban J connectivity index is 2.66. The molecule has 16 heavy (non-hydrogen) atoms. The maximum absolute atomic E-state index is 11.5. The molecule has 0 unspecified atom stereocenters. The Hall–Kier alpha value is -0.640. The van der Waals surface area contributed by atoms with Gasteiger partial charge in [-0.15, -0.1) is 0 Å². The minimum absolute atomic E-state index is 0.341. The maximum Gasteiger partial charge on any atom is 0.133 e. The monoisotopic (exact) mass is 286 g/mol. The average Bonchev–Trinajstić information content (AvgIpc) is 2.52. The number of hydrogen-bond acceptors (Lipinski definition) is 2. The Morgan fingerprint density at radius 3 is 2.56 bits per heavy atom. The smallest absolute Gasteiger partial charge is 0.133 e. The van der Waals surface area contributed by atoms with Crippen LogP contribution in [0.4, 0.5) is 0 Å². The van der Waals surface area contributed by atoms with E-state index in [-0.39, 0.29) is 0 Å². The molecule has 0 aliphatic rings. The van der Waals surface area contributed by atoms with Crippen LogP contribution in [0, 0.1) is 0 Å². The molecule has 0 aliphatic heterocycles. The summed E-state index contributed by atoms with van der Waals surface area (Å²) in [7, 11) is 1.93. The zero-order valence-electron chi connectivity index (χ0n) is 10.2. The van der Waals surface area contributed by atoms with Crippen LogP contribution in [0.2, 0.25) is 0 Å². The van der Waals surface area contributed by atoms with Gasteiger partial charge in [0.25, 0.3) is 0 Å². The number of aryl methyl sites for hydroxylation is 2. The summed E-state index contributed by atoms with van der Waals surface area (Å²) in [5.41, 5.74) is 2.20. The van der Waals surface area contributed by atoms with Gasteiger partial charge in [0.05, 0.1) is 15.9 Å². The fourth-order valence-electron chi connectivity index (χ4n) is 1.75. The van der Waals surface area contributed by atoms with Crippen LogP contribution in [0.25, 0.3) is 0 Å². The van der Waals surface area contributed by atoms with Crippen LogP contribution < -0.4 is 0 Å². The molecule has 0 aromatic carbocycles. The van der Waals surface area contributed by atoms with Crippen LogP contribution in [-0.2, 0) is 24.7 Å². The third kappa shape index (κ3) is 3.17. The molecule has 0 spiro atoms. The molecule has 1 rings (SSSR count). The topological polar surface area (TPSA) is 34.9 Å². The highest BCUT2D eigenvalue weighted by molar-refractivity contribution is 9.10. The molecule has 0 fully saturated rings. The number of carbonyl (C=O) groups excluding carboxylic acids is 1. The highest BCUT2D eigenvalue weighted by atomic mass is 79.9. The predicted octanol–water partition coefficient (Wildman–Crippen LogP) is 3.05. The van der Waals surface area contributed by atoms with E-state index >= 15 is 0 Å². The van der Waals surface area contributed by atoms with Crippen molar-refractivity contribution in [3.05, 3.63) is 15.9 Å². The number of aromatic nitrogens is 2. The summed E-state index contributed by atoms with van der Waals surface area (Å²) in [5.74, 6) is 0.341. The number of carbonyl (C=O) groups is 1. The van der Waals surface area contributed by atoms with E-state index in [9.17, 15) is 4.79 Å². The van der Waals surface area contributed by atoms with Crippen molar-refractivity contribution < 1.29 is 4.79 Å². The van der Waals surface area contributed by atoms with Gasteiger partial charge in [0.1, 0.15) is 5.78 Å². The summed E-state index contributed by atoms with van der Waals surface area (Å²) >= 11 is 3.56. The van der Waals surface area contributed by atoms with Gasteiger partial charge < -0.3 is 0 Å². The van der Waals surface area contributed by atoms with E-state index in [2.05, 4.69) is 28.0 Å². The van der Waals surface area contributed by atoms with Crippen molar-refractivity contribution in [2.24, 2.45) is 7.05 Å². The van der Waals surface area contributed by atoms with Crippen LogP contribution in [0.5, 0.6) is 0 Å². The highest BCUT2D eigenvalue weighted by Crippen LogP contribution is 2.22. The Bertz CT molecular complexity index is 371. The molecule has 3 nitrogen and oxygen atoms in total. The van der Waals surface area contributed by atoms with E-state index < -0.39 is 0 Å². The molecular formula is C12H19BrN2O. The summed E-state index contributed by atoms with van der Waals surface area (Å²) in [6, 6.07) is 0. The second kappa shape index (κ2) is 6.18. The SMILES string of the molecule is CCCC(=O)CCc1c(Br)c(CC)nn1C. The van der Waals surface area contributed by atoms with Crippen LogP contribution in [-0.4, -0.2) is 15.6 Å². The number of nitrogens with zero attached hydrogens (tertiary/aromatic N) is 2. The number of ketones is 1. The van der Waals surface area contributed by atoms with Crippen molar-refractivity contribution >= 4 is 21.7 Å². The Morgan fingerprint density at radius 1 is 1.38 bits per heavy atom. The van der Waals surface area contributed by atoms with Gasteiger partial charge in [-0.05, 0) is 35.2 Å². The molecule has 1 heterocycles. The average molecular weight is 287 g/mol. The number of rotatable bonds is 6. The van der Waals surface area contributed by atoms with Gasteiger partial charge in [-0.25, -0.2) is 0 Å². The molecule has 0 bridgehead atoms. The minimum atomic E-state index is 0.341. The zero-order valence-corrected chi connectivity index (χ0v) is 11.8. The van der Waals surface area contributed by atoms with Gasteiger partial charge >= 0.3 is 0 Å². The lowest BCUT2D eigenvalue weighted by molar-refractivity contribution is -0.119. The first-order chi connectivity index (χ1) is 7.60. The first-order valence-corrected chi connectivity index (χ1v) is 6.61. The van der Waals surface area contributed by atoms with Crippen LogP contribution >= 0.6 is 15.9 Å². The molecule has 0 aliphatic carbocycles. The van der Waals surface area contributed by atoms with Crippen molar-refractivity contribution in [3.63, 3.8) is 0 Å². The van der Waals surface area contributed by atoms with Crippen LogP contribution in [0.15, 0.2) is 4.47 Å². The molecule has 0 atom stereocenters. The molecule has 0 saturated carbocycles. The van der Waals surface area contributed by atoms with Gasteiger partial charge in [-0.2, -0.15) is 5.10 Å². The molecule has 0 N–H and O–H groups in total. The van der Waals surface area contributed by atoms with E-state index in [1.165, 1.54) is 0 Å². The van der Waals surface area contributed by atoms with Crippen molar-refractivity contribution in [2.75, 3.05) is 0 Å². The molecular weight excluding hydrogens is 268 g/mol. The molecule has 1 aromatic rings. The largest absolute Gasteiger partial charge is 0.300 e. The zero-order chi connectivity index (χ0) is 12.1. The fourth-order valence-corrected chi connectivity index (χ4v) is 2.57. The van der Waals surface area contributed by atoms with E-state index in [4.69, 9.17) is 0 Å². The molecule has 90 valence electrons. The highest BCUT2D eigenvalue weighted by Gasteiger charge is 2.13. The van der Waals surface area contributed by atoms with Gasteiger partial charge in [-0.3, -0.25) is 9.48 Å². The number of hydrogen-bond donors (Lipinski definition) is 0. The number of Topliss-reactive ketones (excluding diaryl/α,β-unsaturated/α-hetero) is 1. The van der Waals surface area contributed by atoms with E-state index in [0.717, 1.165) is 35.1 Å². The normalized spacial score (nSPS) is 10.8. The lowest BCUT2D eigenvalue weighted by Crippen LogP contribution is -2.04. The molecule has 0 amide bonds. The van der Waals surface area contributed by atoms with Gasteiger partial charge in [0.15, 0.2) is 0 Å². The van der Waals surface area contributed by atoms with Gasteiger partial charge in [-0.1, -0.05) is 13.8 Å². The van der Waals surface area contributed by atoms with E-state index in [1.54, 1.807) is 0 Å². The van der Waals surface area contributed by atoms with Gasteiger partial charge in [0, 0.05) is 19.9 Å². The number of halogens is 1. The van der Waals surface area contributed by atoms with Crippen molar-refractivity contribution in [2.45, 2.75) is 46.0 Å². The third-order valence-corrected chi connectivity index (χ3v) is 3.59. The molecule has 0 saturated heterocycles. The second-order valence-electron chi connectivity index (χ2n) is 3.97. The Morgan fingerprint density at radius 2 is 2.06 bits per heavy atom. The quantitative estimate of drug-likeness (QED) is 0.806. The lowest BCUT2D eigenvalue weighted by atomic mass is 10.1. The Labute approximate surface area is 105 Å². The first-order valence-electron chi connectivity index (χ1n) is 5.82. The fraction of sp³-hybridized carbons (Fsp3) is 0.667. The second-order valence-corrected chi connectivity index (χ2v) is 4.77. The lowest BCUT2D eigenvalue weighted by Gasteiger charge is -2.02. The summed E-state index contributed by atoms with van der Waals surface area (Å²) in [6.07, 6.45) is 3.94. The summed E-state index contributed by atoms with van der Waals surface area (Å²) in [5, 5.41) is 4.41. The minimum Gasteiger partial charge on any atom is -0.300 e. The molecule has 4 heteroatoms. The van der Waals surface area contributed by atoms with E-state index in [0.29, 0.717) is 18.6 Å². The summed E-state index contributed by atoms with van der Waals surface area (Å²) in [4.78, 5) is 11.5. The summed E-state index contributed by atoms with van der Waals surface area (Å²) in [6.45, 7) is 4.12. The third-order valence-electron chi connectivity index (χ3n) is 2.67. The van der Waals surface area contributed by atoms with Gasteiger partial charge in [0.2, 0.25) is 0 Å². The molecule has 1 aromatic heterocycles. The maximum atomic E-state index is 11.5. The van der Waals surface area contributed by atoms with Crippen molar-refractivity contribution in [1.82, 2.24) is 9.78 Å². The van der Waals surface area contributed by atoms with Crippen LogP contribution in [0.1, 0.15) is 44.5 Å². The standard InChI is InChI=1S/C12H19BrN2O/c1-4-6-9(16)7-8-11-12(13)10(5-2)14-15(11)3/h4-8H2,1-3H3. The van der Waals surface area contributed by atoms with E-state index in [1.807, 2.05) is 18.7 Å². The van der Waals surface area contributed by atoms with Crippen molar-refractivity contribution in [1.29, 1.82) is 0 Å². The Kier molecular flexibility index (Phi) is 5.19. The predicted molar refractivity (Wildman–Crippen MR) is 68.5 cm³/mol. The first kappa shape index (κ1) is 13.4. The van der Waals surface area contributed by atoms with Crippen molar-refractivity contribution in [3.8, 4) is 0 Å².